The Labute approximate surface area is 107 Å². The van der Waals surface area contributed by atoms with Gasteiger partial charge in [-0.15, -0.1) is 6.42 Å². The Morgan fingerprint density at radius 3 is 2.78 bits per heavy atom. The summed E-state index contributed by atoms with van der Waals surface area (Å²) in [5, 5.41) is 2.46. The van der Waals surface area contributed by atoms with Crippen molar-refractivity contribution in [1.82, 2.24) is 5.32 Å². The number of epoxide rings is 1. The van der Waals surface area contributed by atoms with E-state index in [-0.39, 0.29) is 12.5 Å². The van der Waals surface area contributed by atoms with Crippen molar-refractivity contribution in [3.63, 3.8) is 0 Å². The largest absolute Gasteiger partial charge is 0.464 e. The average molecular weight is 253 g/mol. The smallest absolute Gasteiger partial charge is 0.338 e. The number of carbonyl (C=O) groups excluding carboxylic acids is 2. The Bertz CT molecular complexity index is 334. The first-order valence-electron chi connectivity index (χ1n) is 6.24. The van der Waals surface area contributed by atoms with Crippen LogP contribution in [0.2, 0.25) is 0 Å². The summed E-state index contributed by atoms with van der Waals surface area (Å²) >= 11 is 0. The lowest BCUT2D eigenvalue weighted by Crippen LogP contribution is -2.31. The van der Waals surface area contributed by atoms with E-state index in [0.29, 0.717) is 6.61 Å². The number of unbranched alkanes of at least 4 members (excludes halogenated alkanes) is 3. The van der Waals surface area contributed by atoms with Gasteiger partial charge < -0.3 is 14.8 Å². The Morgan fingerprint density at radius 2 is 2.11 bits per heavy atom. The van der Waals surface area contributed by atoms with Crippen LogP contribution < -0.4 is 5.32 Å². The van der Waals surface area contributed by atoms with E-state index >= 15 is 0 Å². The SMILES string of the molecule is C#CCNC(=O)[C@@H]1O[C@H]1C(=O)OCCCCCC. The van der Waals surface area contributed by atoms with E-state index in [0.717, 1.165) is 25.7 Å². The average Bonchev–Trinajstić information content (AvgIpc) is 3.15. The summed E-state index contributed by atoms with van der Waals surface area (Å²) in [4.78, 5) is 22.8. The van der Waals surface area contributed by atoms with Crippen LogP contribution in [0.5, 0.6) is 0 Å². The highest BCUT2D eigenvalue weighted by Crippen LogP contribution is 2.23. The zero-order chi connectivity index (χ0) is 13.4. The second kappa shape index (κ2) is 7.72. The minimum absolute atomic E-state index is 0.136. The zero-order valence-electron chi connectivity index (χ0n) is 10.6. The van der Waals surface area contributed by atoms with E-state index in [1.807, 2.05) is 0 Å². The molecule has 1 rings (SSSR count). The van der Waals surface area contributed by atoms with Crippen LogP contribution in [0, 0.1) is 12.3 Å². The third-order valence-electron chi connectivity index (χ3n) is 2.59. The summed E-state index contributed by atoms with van der Waals surface area (Å²) in [6, 6.07) is 0. The van der Waals surface area contributed by atoms with Gasteiger partial charge >= 0.3 is 5.97 Å². The van der Waals surface area contributed by atoms with Gasteiger partial charge in [-0.2, -0.15) is 0 Å². The highest BCUT2D eigenvalue weighted by molar-refractivity contribution is 5.92. The molecule has 18 heavy (non-hydrogen) atoms. The van der Waals surface area contributed by atoms with Gasteiger partial charge in [0.1, 0.15) is 0 Å². The molecule has 0 radical (unpaired) electrons. The maximum absolute atomic E-state index is 11.5. The monoisotopic (exact) mass is 253 g/mol. The molecule has 0 aromatic carbocycles. The van der Waals surface area contributed by atoms with Crippen molar-refractivity contribution in [2.45, 2.75) is 44.8 Å². The maximum Gasteiger partial charge on any atom is 0.338 e. The predicted octanol–water partition coefficient (Wildman–Crippen LogP) is 0.627. The molecular weight excluding hydrogens is 234 g/mol. The summed E-state index contributed by atoms with van der Waals surface area (Å²) in [6.45, 7) is 2.64. The van der Waals surface area contributed by atoms with E-state index in [1.165, 1.54) is 0 Å². The zero-order valence-corrected chi connectivity index (χ0v) is 10.6. The fourth-order valence-corrected chi connectivity index (χ4v) is 1.51. The van der Waals surface area contributed by atoms with Crippen molar-refractivity contribution in [3.05, 3.63) is 0 Å². The van der Waals surface area contributed by atoms with Crippen LogP contribution in [0.25, 0.3) is 0 Å². The predicted molar refractivity (Wildman–Crippen MR) is 65.6 cm³/mol. The normalized spacial score (nSPS) is 20.9. The first kappa shape index (κ1) is 14.5. The molecule has 0 saturated carbocycles. The minimum atomic E-state index is -0.756. The van der Waals surface area contributed by atoms with E-state index in [1.54, 1.807) is 0 Å². The summed E-state index contributed by atoms with van der Waals surface area (Å²) < 4.78 is 9.97. The molecular formula is C13H19NO4. The van der Waals surface area contributed by atoms with Gasteiger partial charge in [0.2, 0.25) is 0 Å². The molecule has 1 aliphatic rings. The number of amides is 1. The Kier molecular flexibility index (Phi) is 6.23. The molecule has 0 aliphatic carbocycles. The molecule has 1 aliphatic heterocycles. The molecule has 5 nitrogen and oxygen atoms in total. The van der Waals surface area contributed by atoms with Gasteiger partial charge in [-0.05, 0) is 6.42 Å². The Morgan fingerprint density at radius 1 is 1.33 bits per heavy atom. The fourth-order valence-electron chi connectivity index (χ4n) is 1.51. The number of carbonyl (C=O) groups is 2. The van der Waals surface area contributed by atoms with Crippen LogP contribution in [0.3, 0.4) is 0 Å². The van der Waals surface area contributed by atoms with Crippen molar-refractivity contribution >= 4 is 11.9 Å². The molecule has 1 heterocycles. The molecule has 0 bridgehead atoms. The number of nitrogens with one attached hydrogen (secondary N) is 1. The summed E-state index contributed by atoms with van der Waals surface area (Å²) in [5.74, 6) is 1.45. The molecule has 1 saturated heterocycles. The van der Waals surface area contributed by atoms with Gasteiger partial charge in [-0.3, -0.25) is 4.79 Å². The van der Waals surface area contributed by atoms with E-state index in [2.05, 4.69) is 18.2 Å². The molecule has 100 valence electrons. The van der Waals surface area contributed by atoms with Crippen LogP contribution in [-0.4, -0.2) is 37.2 Å². The lowest BCUT2D eigenvalue weighted by atomic mass is 10.2. The number of hydrogen-bond acceptors (Lipinski definition) is 4. The maximum atomic E-state index is 11.5. The van der Waals surface area contributed by atoms with E-state index in [4.69, 9.17) is 15.9 Å². The lowest BCUT2D eigenvalue weighted by molar-refractivity contribution is -0.145. The van der Waals surface area contributed by atoms with Gasteiger partial charge in [-0.25, -0.2) is 4.79 Å². The third-order valence-corrected chi connectivity index (χ3v) is 2.59. The van der Waals surface area contributed by atoms with Crippen molar-refractivity contribution in [2.75, 3.05) is 13.2 Å². The standard InChI is InChI=1S/C13H19NO4/c1-3-5-6-7-9-17-13(16)11-10(18-11)12(15)14-8-4-2/h2,10-11H,3,5-9H2,1H3,(H,14,15)/t10-,11-/m1/s1. The summed E-state index contributed by atoms with van der Waals surface area (Å²) in [6.07, 6.45) is 7.67. The molecule has 1 fully saturated rings. The van der Waals surface area contributed by atoms with Gasteiger partial charge in [-0.1, -0.05) is 32.1 Å². The summed E-state index contributed by atoms with van der Waals surface area (Å²) in [7, 11) is 0. The van der Waals surface area contributed by atoms with Gasteiger partial charge in [0.05, 0.1) is 13.2 Å². The van der Waals surface area contributed by atoms with Gasteiger partial charge in [0.15, 0.2) is 12.2 Å². The van der Waals surface area contributed by atoms with Gasteiger partial charge in [0.25, 0.3) is 5.91 Å². The summed E-state index contributed by atoms with van der Waals surface area (Å²) in [5.41, 5.74) is 0. The molecule has 0 aromatic heterocycles. The van der Waals surface area contributed by atoms with Crippen molar-refractivity contribution in [3.8, 4) is 12.3 Å². The number of terminal acetylenes is 1. The minimum Gasteiger partial charge on any atom is -0.464 e. The van der Waals surface area contributed by atoms with E-state index < -0.39 is 18.2 Å². The first-order chi connectivity index (χ1) is 8.70. The second-order valence-corrected chi connectivity index (χ2v) is 4.13. The van der Waals surface area contributed by atoms with Crippen LogP contribution in [0.15, 0.2) is 0 Å². The molecule has 0 unspecified atom stereocenters. The highest BCUT2D eigenvalue weighted by Gasteiger charge is 2.51. The highest BCUT2D eigenvalue weighted by atomic mass is 16.6. The Hall–Kier alpha value is -1.54. The topological polar surface area (TPSA) is 67.9 Å². The van der Waals surface area contributed by atoms with Crippen molar-refractivity contribution in [2.24, 2.45) is 0 Å². The Balaban J connectivity index is 2.10. The quantitative estimate of drug-likeness (QED) is 0.298. The third kappa shape index (κ3) is 4.76. The number of esters is 1. The molecule has 1 amide bonds. The molecule has 5 heteroatoms. The fraction of sp³-hybridized carbons (Fsp3) is 0.692. The van der Waals surface area contributed by atoms with Crippen LogP contribution in [-0.2, 0) is 19.1 Å². The van der Waals surface area contributed by atoms with Crippen LogP contribution in [0.4, 0.5) is 0 Å². The first-order valence-corrected chi connectivity index (χ1v) is 6.24. The number of rotatable bonds is 8. The molecule has 2 atom stereocenters. The van der Waals surface area contributed by atoms with Crippen LogP contribution >= 0.6 is 0 Å². The molecule has 0 aromatic rings. The van der Waals surface area contributed by atoms with Crippen molar-refractivity contribution < 1.29 is 19.1 Å². The van der Waals surface area contributed by atoms with Crippen molar-refractivity contribution in [1.29, 1.82) is 0 Å². The van der Waals surface area contributed by atoms with E-state index in [9.17, 15) is 9.59 Å². The lowest BCUT2D eigenvalue weighted by Gasteiger charge is -2.02. The number of ether oxygens (including phenoxy) is 2. The van der Waals surface area contributed by atoms with Gasteiger partial charge in [0, 0.05) is 0 Å². The second-order valence-electron chi connectivity index (χ2n) is 4.13. The van der Waals surface area contributed by atoms with Crippen LogP contribution in [0.1, 0.15) is 32.6 Å². The number of hydrogen-bond donors (Lipinski definition) is 1. The molecule has 0 spiro atoms. The molecule has 1 N–H and O–H groups in total.